The highest BCUT2D eigenvalue weighted by atomic mass is 16.6. The smallest absolute Gasteiger partial charge is 0.341 e. The number of rotatable bonds is 6. The fourth-order valence-electron chi connectivity index (χ4n) is 3.97. The Bertz CT molecular complexity index is 1140. The topological polar surface area (TPSA) is 141 Å². The van der Waals surface area contributed by atoms with Crippen molar-refractivity contribution >= 4 is 11.9 Å². The molecule has 2 fully saturated rings. The van der Waals surface area contributed by atoms with Gasteiger partial charge in [-0.2, -0.15) is 4.68 Å². The van der Waals surface area contributed by atoms with E-state index in [1.165, 1.54) is 22.9 Å². The molecular formula is C21H18N5O6-. The molecule has 2 saturated heterocycles. The number of amides is 1. The molecule has 2 aliphatic rings. The van der Waals surface area contributed by atoms with E-state index in [4.69, 9.17) is 14.2 Å². The third-order valence-electron chi connectivity index (χ3n) is 5.46. The van der Waals surface area contributed by atoms with Gasteiger partial charge in [0.05, 0.1) is 25.2 Å². The number of fused-ring (bicyclic) bond motifs is 1. The molecule has 3 heterocycles. The van der Waals surface area contributed by atoms with Gasteiger partial charge >= 0.3 is 6.01 Å². The molecule has 1 amide bonds. The minimum atomic E-state index is -1.42. The SMILES string of the molecule is O=C([O-])c1ccccc1C(=O)N[C@H]1CO[C@H]2[C@@H]1OC[C@@H]2n1nnnc1Oc1ccccc1. The zero-order chi connectivity index (χ0) is 22.1. The molecule has 4 atom stereocenters. The molecule has 3 aromatic rings. The van der Waals surface area contributed by atoms with E-state index in [1.807, 2.05) is 18.2 Å². The third kappa shape index (κ3) is 3.67. The van der Waals surface area contributed by atoms with Gasteiger partial charge in [-0.05, 0) is 28.6 Å². The minimum absolute atomic E-state index is 0.0181. The van der Waals surface area contributed by atoms with E-state index in [0.29, 0.717) is 5.75 Å². The van der Waals surface area contributed by atoms with E-state index in [-0.39, 0.29) is 36.4 Å². The lowest BCUT2D eigenvalue weighted by molar-refractivity contribution is -0.255. The molecule has 0 bridgehead atoms. The number of carboxylic acid groups (broad SMARTS) is 1. The second kappa shape index (κ2) is 8.36. The van der Waals surface area contributed by atoms with Gasteiger partial charge in [-0.15, -0.1) is 0 Å². The normalized spacial score (nSPS) is 24.1. The van der Waals surface area contributed by atoms with Crippen molar-refractivity contribution in [2.24, 2.45) is 0 Å². The van der Waals surface area contributed by atoms with Crippen molar-refractivity contribution < 1.29 is 28.9 Å². The molecule has 2 aliphatic heterocycles. The Kier molecular flexibility index (Phi) is 5.25. The van der Waals surface area contributed by atoms with Crippen molar-refractivity contribution in [2.75, 3.05) is 13.2 Å². The predicted molar refractivity (Wildman–Crippen MR) is 105 cm³/mol. The van der Waals surface area contributed by atoms with Crippen molar-refractivity contribution in [1.29, 1.82) is 0 Å². The number of benzene rings is 2. The molecule has 0 saturated carbocycles. The van der Waals surface area contributed by atoms with Crippen LogP contribution in [0.4, 0.5) is 0 Å². The number of carbonyl (C=O) groups is 2. The van der Waals surface area contributed by atoms with Crippen LogP contribution in [-0.2, 0) is 9.47 Å². The number of ether oxygens (including phenoxy) is 3. The standard InChI is InChI=1S/C21H19N5O6/c27-19(13-8-4-5-9-14(13)20(28)29)22-15-10-30-18-16(11-31-17(15)18)26-21(23-24-25-26)32-12-6-2-1-3-7-12/h1-9,15-18H,10-11H2,(H,22,27)(H,28,29)/p-1/t15-,16-,17+,18+/m0/s1. The largest absolute Gasteiger partial charge is 0.545 e. The predicted octanol–water partition coefficient (Wildman–Crippen LogP) is -0.0338. The molecule has 5 rings (SSSR count). The lowest BCUT2D eigenvalue weighted by Gasteiger charge is -2.19. The van der Waals surface area contributed by atoms with Gasteiger partial charge in [-0.3, -0.25) is 4.79 Å². The van der Waals surface area contributed by atoms with E-state index in [1.54, 1.807) is 18.2 Å². The summed E-state index contributed by atoms with van der Waals surface area (Å²) in [6, 6.07) is 14.4. The quantitative estimate of drug-likeness (QED) is 0.564. The summed E-state index contributed by atoms with van der Waals surface area (Å²) in [7, 11) is 0. The van der Waals surface area contributed by atoms with Crippen LogP contribution in [-0.4, -0.2) is 63.5 Å². The van der Waals surface area contributed by atoms with Crippen LogP contribution < -0.4 is 15.2 Å². The number of para-hydroxylation sites is 1. The zero-order valence-electron chi connectivity index (χ0n) is 16.7. The number of carbonyl (C=O) groups excluding carboxylic acids is 2. The lowest BCUT2D eigenvalue weighted by atomic mass is 10.0. The summed E-state index contributed by atoms with van der Waals surface area (Å²) in [4.78, 5) is 24.0. The van der Waals surface area contributed by atoms with Crippen LogP contribution in [0.25, 0.3) is 0 Å². The fourth-order valence-corrected chi connectivity index (χ4v) is 3.97. The maximum Gasteiger partial charge on any atom is 0.341 e. The zero-order valence-corrected chi connectivity index (χ0v) is 16.7. The van der Waals surface area contributed by atoms with Crippen LogP contribution in [0.2, 0.25) is 0 Å². The van der Waals surface area contributed by atoms with Crippen molar-refractivity contribution in [1.82, 2.24) is 25.5 Å². The van der Waals surface area contributed by atoms with Crippen LogP contribution in [0.1, 0.15) is 26.8 Å². The summed E-state index contributed by atoms with van der Waals surface area (Å²) in [6.45, 7) is 0.454. The summed E-state index contributed by atoms with van der Waals surface area (Å²) < 4.78 is 19.1. The van der Waals surface area contributed by atoms with Crippen molar-refractivity contribution in [3.05, 3.63) is 65.7 Å². The average molecular weight is 436 g/mol. The highest BCUT2D eigenvalue weighted by Crippen LogP contribution is 2.36. The first-order valence-electron chi connectivity index (χ1n) is 9.97. The first kappa shape index (κ1) is 20.1. The second-order valence-corrected chi connectivity index (χ2v) is 7.40. The fraction of sp³-hybridized carbons (Fsp3) is 0.286. The molecule has 0 radical (unpaired) electrons. The van der Waals surface area contributed by atoms with Crippen molar-refractivity contribution in [3.63, 3.8) is 0 Å². The second-order valence-electron chi connectivity index (χ2n) is 7.40. The monoisotopic (exact) mass is 436 g/mol. The van der Waals surface area contributed by atoms with Crippen LogP contribution in [0.3, 0.4) is 0 Å². The first-order chi connectivity index (χ1) is 15.6. The highest BCUT2D eigenvalue weighted by Gasteiger charge is 2.50. The Labute approximate surface area is 181 Å². The summed E-state index contributed by atoms with van der Waals surface area (Å²) >= 11 is 0. The molecule has 11 nitrogen and oxygen atoms in total. The molecule has 11 heteroatoms. The molecule has 1 aromatic heterocycles. The van der Waals surface area contributed by atoms with E-state index < -0.39 is 30.1 Å². The van der Waals surface area contributed by atoms with Gasteiger partial charge < -0.3 is 29.4 Å². The lowest BCUT2D eigenvalue weighted by Crippen LogP contribution is -2.44. The first-order valence-corrected chi connectivity index (χ1v) is 9.97. The number of carboxylic acids is 1. The number of aromatic nitrogens is 4. The Morgan fingerprint density at radius 1 is 1.00 bits per heavy atom. The summed E-state index contributed by atoms with van der Waals surface area (Å²) in [6.07, 6.45) is -0.869. The molecule has 0 unspecified atom stereocenters. The van der Waals surface area contributed by atoms with Crippen LogP contribution >= 0.6 is 0 Å². The molecule has 0 aliphatic carbocycles. The van der Waals surface area contributed by atoms with Crippen molar-refractivity contribution in [3.8, 4) is 11.8 Å². The van der Waals surface area contributed by atoms with E-state index >= 15 is 0 Å². The average Bonchev–Trinajstić information content (AvgIpc) is 3.52. The van der Waals surface area contributed by atoms with Gasteiger partial charge in [-0.25, -0.2) is 0 Å². The summed E-state index contributed by atoms with van der Waals surface area (Å²) in [5.41, 5.74) is -0.161. The Balaban J connectivity index is 1.29. The molecule has 164 valence electrons. The van der Waals surface area contributed by atoms with Gasteiger partial charge in [0, 0.05) is 11.1 Å². The molecule has 1 N–H and O–H groups in total. The van der Waals surface area contributed by atoms with Gasteiger partial charge in [0.15, 0.2) is 0 Å². The number of nitrogens with one attached hydrogen (secondary N) is 1. The number of nitrogens with zero attached hydrogens (tertiary/aromatic N) is 4. The van der Waals surface area contributed by atoms with E-state index in [9.17, 15) is 14.7 Å². The maximum atomic E-state index is 12.7. The number of tetrazole rings is 1. The van der Waals surface area contributed by atoms with Gasteiger partial charge in [0.2, 0.25) is 0 Å². The Morgan fingerprint density at radius 3 is 2.50 bits per heavy atom. The summed E-state index contributed by atoms with van der Waals surface area (Å²) in [5, 5.41) is 25.8. The number of hydrogen-bond donors (Lipinski definition) is 1. The van der Waals surface area contributed by atoms with Crippen molar-refractivity contribution in [2.45, 2.75) is 24.3 Å². The minimum Gasteiger partial charge on any atom is -0.545 e. The third-order valence-corrected chi connectivity index (χ3v) is 5.46. The van der Waals surface area contributed by atoms with Crippen LogP contribution in [0.15, 0.2) is 54.6 Å². The maximum absolute atomic E-state index is 12.7. The Hall–Kier alpha value is -3.83. The molecular weight excluding hydrogens is 418 g/mol. The van der Waals surface area contributed by atoms with Crippen LogP contribution in [0, 0.1) is 0 Å². The highest BCUT2D eigenvalue weighted by molar-refractivity contribution is 6.04. The molecule has 32 heavy (non-hydrogen) atoms. The number of hydrogen-bond acceptors (Lipinski definition) is 9. The van der Waals surface area contributed by atoms with Gasteiger partial charge in [0.25, 0.3) is 5.91 Å². The molecule has 0 spiro atoms. The van der Waals surface area contributed by atoms with Gasteiger partial charge in [-0.1, -0.05) is 41.5 Å². The van der Waals surface area contributed by atoms with E-state index in [0.717, 1.165) is 0 Å². The summed E-state index contributed by atoms with van der Waals surface area (Å²) in [5.74, 6) is -1.37. The Morgan fingerprint density at radius 2 is 1.72 bits per heavy atom. The number of aromatic carboxylic acids is 1. The van der Waals surface area contributed by atoms with Gasteiger partial charge in [0.1, 0.15) is 24.0 Å². The van der Waals surface area contributed by atoms with Crippen LogP contribution in [0.5, 0.6) is 11.8 Å². The molecule has 2 aromatic carbocycles. The van der Waals surface area contributed by atoms with E-state index in [2.05, 4.69) is 20.8 Å².